The van der Waals surface area contributed by atoms with Gasteiger partial charge in [0.25, 0.3) is 0 Å². The molecule has 0 aliphatic heterocycles. The van der Waals surface area contributed by atoms with Gasteiger partial charge in [-0.15, -0.1) is 0 Å². The van der Waals surface area contributed by atoms with Crippen LogP contribution >= 0.6 is 11.6 Å². The van der Waals surface area contributed by atoms with Crippen LogP contribution in [0.2, 0.25) is 5.02 Å². The van der Waals surface area contributed by atoms with Crippen molar-refractivity contribution in [3.63, 3.8) is 0 Å². The van der Waals surface area contributed by atoms with Gasteiger partial charge in [0.1, 0.15) is 5.82 Å². The number of benzene rings is 3. The molecule has 2 N–H and O–H groups in total. The fourth-order valence-corrected chi connectivity index (χ4v) is 4.38. The van der Waals surface area contributed by atoms with Gasteiger partial charge >= 0.3 is 0 Å². The molecule has 28 heavy (non-hydrogen) atoms. The van der Waals surface area contributed by atoms with Gasteiger partial charge in [-0.3, -0.25) is 4.79 Å². The summed E-state index contributed by atoms with van der Waals surface area (Å²) in [5.41, 5.74) is 11.2. The summed E-state index contributed by atoms with van der Waals surface area (Å²) in [5.74, 6) is -0.104. The number of rotatable bonds is 5. The van der Waals surface area contributed by atoms with Gasteiger partial charge in [-0.25, -0.2) is 4.39 Å². The predicted octanol–water partition coefficient (Wildman–Crippen LogP) is 5.59. The average Bonchev–Trinajstić information content (AvgIpc) is 3.09. The van der Waals surface area contributed by atoms with Crippen LogP contribution < -0.4 is 5.73 Å². The molecule has 0 bridgehead atoms. The zero-order valence-corrected chi connectivity index (χ0v) is 16.2. The number of fused-ring (bicyclic) bond motifs is 1. The number of nitrogens with two attached hydrogens (primary N) is 1. The molecule has 0 unspecified atom stereocenters. The van der Waals surface area contributed by atoms with Crippen molar-refractivity contribution in [1.82, 2.24) is 0 Å². The topological polar surface area (TPSA) is 43.1 Å². The fraction of sp³-hybridized carbons (Fsp3) is 0.208. The first-order chi connectivity index (χ1) is 13.5. The molecule has 1 amide bonds. The Morgan fingerprint density at radius 3 is 2.54 bits per heavy atom. The van der Waals surface area contributed by atoms with E-state index in [1.807, 2.05) is 24.3 Å². The number of halogens is 2. The van der Waals surface area contributed by atoms with Crippen LogP contribution in [0.15, 0.2) is 60.7 Å². The highest BCUT2D eigenvalue weighted by molar-refractivity contribution is 6.36. The Balaban J connectivity index is 1.42. The average molecular weight is 394 g/mol. The summed E-state index contributed by atoms with van der Waals surface area (Å²) < 4.78 is 13.4. The third-order valence-corrected chi connectivity index (χ3v) is 5.96. The normalized spacial score (nSPS) is 15.4. The number of primary amides is 1. The summed E-state index contributed by atoms with van der Waals surface area (Å²) in [7, 11) is 0. The van der Waals surface area contributed by atoms with Crippen LogP contribution in [0.5, 0.6) is 0 Å². The van der Waals surface area contributed by atoms with Gasteiger partial charge in [0.2, 0.25) is 5.91 Å². The van der Waals surface area contributed by atoms with E-state index >= 15 is 0 Å². The first-order valence-corrected chi connectivity index (χ1v) is 9.84. The van der Waals surface area contributed by atoms with Crippen LogP contribution in [0, 0.1) is 11.7 Å². The highest BCUT2D eigenvalue weighted by Gasteiger charge is 2.21. The van der Waals surface area contributed by atoms with Crippen molar-refractivity contribution in [2.24, 2.45) is 11.7 Å². The maximum atomic E-state index is 13.4. The summed E-state index contributed by atoms with van der Waals surface area (Å²) in [5, 5.41) is 0.388. The predicted molar refractivity (Wildman–Crippen MR) is 111 cm³/mol. The van der Waals surface area contributed by atoms with Crippen molar-refractivity contribution < 1.29 is 9.18 Å². The molecule has 1 aliphatic carbocycles. The Morgan fingerprint density at radius 2 is 1.79 bits per heavy atom. The number of carbonyl (C=O) groups excluding carboxylic acids is 1. The molecule has 0 spiro atoms. The molecule has 2 nitrogen and oxygen atoms in total. The standard InChI is InChI=1S/C24H21ClFNO/c25-23-21(2-1-3-22(23)24(27)28)17-8-6-15(7-9-17)4-5-16-12-18-10-11-20(26)14-19(18)13-16/h1-3,6-11,14,16H,4-5,12-13H2,(H2,27,28)/t16-/m0/s1. The van der Waals surface area contributed by atoms with E-state index in [2.05, 4.69) is 12.1 Å². The van der Waals surface area contributed by atoms with Crippen LogP contribution in [0.1, 0.15) is 33.5 Å². The summed E-state index contributed by atoms with van der Waals surface area (Å²) >= 11 is 6.35. The van der Waals surface area contributed by atoms with E-state index in [4.69, 9.17) is 17.3 Å². The second-order valence-electron chi connectivity index (χ2n) is 7.45. The monoisotopic (exact) mass is 393 g/mol. The smallest absolute Gasteiger partial charge is 0.250 e. The summed E-state index contributed by atoms with van der Waals surface area (Å²) in [4.78, 5) is 11.5. The minimum absolute atomic E-state index is 0.144. The molecular weight excluding hydrogens is 373 g/mol. The summed E-state index contributed by atoms with van der Waals surface area (Å²) in [6, 6.07) is 18.7. The van der Waals surface area contributed by atoms with Crippen molar-refractivity contribution >= 4 is 17.5 Å². The lowest BCUT2D eigenvalue weighted by Crippen LogP contribution is -2.11. The molecule has 1 atom stereocenters. The molecule has 0 saturated heterocycles. The van der Waals surface area contributed by atoms with Crippen molar-refractivity contribution in [3.05, 3.63) is 93.8 Å². The molecule has 3 aromatic carbocycles. The zero-order chi connectivity index (χ0) is 19.7. The van der Waals surface area contributed by atoms with Crippen LogP contribution in [0.4, 0.5) is 4.39 Å². The Bertz CT molecular complexity index is 1030. The number of carbonyl (C=O) groups is 1. The zero-order valence-electron chi connectivity index (χ0n) is 15.4. The van der Waals surface area contributed by atoms with Gasteiger partial charge in [0.05, 0.1) is 10.6 Å². The molecule has 0 heterocycles. The van der Waals surface area contributed by atoms with Crippen molar-refractivity contribution in [1.29, 1.82) is 0 Å². The molecule has 3 aromatic rings. The maximum Gasteiger partial charge on any atom is 0.250 e. The molecule has 142 valence electrons. The third-order valence-electron chi connectivity index (χ3n) is 5.56. The Kier molecular flexibility index (Phi) is 5.19. The van der Waals surface area contributed by atoms with E-state index in [0.29, 0.717) is 16.5 Å². The number of hydrogen-bond donors (Lipinski definition) is 1. The van der Waals surface area contributed by atoms with E-state index in [0.717, 1.165) is 42.4 Å². The van der Waals surface area contributed by atoms with Gasteiger partial charge in [0, 0.05) is 5.56 Å². The molecule has 0 saturated carbocycles. The molecule has 0 fully saturated rings. The minimum atomic E-state index is -0.527. The van der Waals surface area contributed by atoms with Gasteiger partial charge in [0.15, 0.2) is 0 Å². The molecular formula is C24H21ClFNO. The van der Waals surface area contributed by atoms with Gasteiger partial charge in [-0.1, -0.05) is 54.1 Å². The Hall–Kier alpha value is -2.65. The lowest BCUT2D eigenvalue weighted by atomic mass is 9.95. The molecule has 0 radical (unpaired) electrons. The highest BCUT2D eigenvalue weighted by Crippen LogP contribution is 2.32. The van der Waals surface area contributed by atoms with Gasteiger partial charge < -0.3 is 5.73 Å². The van der Waals surface area contributed by atoms with E-state index in [9.17, 15) is 9.18 Å². The second-order valence-corrected chi connectivity index (χ2v) is 7.83. The quantitative estimate of drug-likeness (QED) is 0.603. The van der Waals surface area contributed by atoms with Gasteiger partial charge in [-0.2, -0.15) is 0 Å². The maximum absolute atomic E-state index is 13.4. The van der Waals surface area contributed by atoms with Crippen molar-refractivity contribution in [3.8, 4) is 11.1 Å². The largest absolute Gasteiger partial charge is 0.366 e. The number of hydrogen-bond acceptors (Lipinski definition) is 1. The van der Waals surface area contributed by atoms with Crippen LogP contribution in [0.25, 0.3) is 11.1 Å². The SMILES string of the molecule is NC(=O)c1cccc(-c2ccc(CC[C@H]3Cc4ccc(F)cc4C3)cc2)c1Cl. The highest BCUT2D eigenvalue weighted by atomic mass is 35.5. The minimum Gasteiger partial charge on any atom is -0.366 e. The van der Waals surface area contributed by atoms with Crippen LogP contribution in [-0.2, 0) is 19.3 Å². The number of aryl methyl sites for hydroxylation is 1. The first kappa shape index (κ1) is 18.7. The molecule has 4 rings (SSSR count). The molecule has 1 aliphatic rings. The summed E-state index contributed by atoms with van der Waals surface area (Å²) in [6.07, 6.45) is 4.05. The Morgan fingerprint density at radius 1 is 1.04 bits per heavy atom. The summed E-state index contributed by atoms with van der Waals surface area (Å²) in [6.45, 7) is 0. The van der Waals surface area contributed by atoms with Crippen molar-refractivity contribution in [2.75, 3.05) is 0 Å². The van der Waals surface area contributed by atoms with Crippen molar-refractivity contribution in [2.45, 2.75) is 25.7 Å². The van der Waals surface area contributed by atoms with E-state index in [-0.39, 0.29) is 5.82 Å². The second kappa shape index (κ2) is 7.76. The molecule has 0 aromatic heterocycles. The molecule has 4 heteroatoms. The fourth-order valence-electron chi connectivity index (χ4n) is 4.05. The van der Waals surface area contributed by atoms with E-state index < -0.39 is 5.91 Å². The number of amides is 1. The Labute approximate surface area is 169 Å². The van der Waals surface area contributed by atoms with Gasteiger partial charge in [-0.05, 0) is 72.1 Å². The van der Waals surface area contributed by atoms with E-state index in [1.54, 1.807) is 24.3 Å². The lowest BCUT2D eigenvalue weighted by Gasteiger charge is -2.11. The first-order valence-electron chi connectivity index (χ1n) is 9.46. The van der Waals surface area contributed by atoms with E-state index in [1.165, 1.54) is 11.1 Å². The lowest BCUT2D eigenvalue weighted by molar-refractivity contribution is 0.100. The van der Waals surface area contributed by atoms with Crippen LogP contribution in [-0.4, -0.2) is 5.91 Å². The third kappa shape index (κ3) is 3.81. The van der Waals surface area contributed by atoms with Crippen LogP contribution in [0.3, 0.4) is 0 Å².